The first-order valence-electron chi connectivity index (χ1n) is 3.51. The number of hydrogen-bond donors (Lipinski definition) is 2. The molecule has 0 aromatic carbocycles. The molecule has 0 aromatic rings. The third-order valence-corrected chi connectivity index (χ3v) is 1.85. The van der Waals surface area contributed by atoms with E-state index in [-0.39, 0.29) is 12.5 Å². The van der Waals surface area contributed by atoms with Gasteiger partial charge in [-0.2, -0.15) is 0 Å². The zero-order valence-electron chi connectivity index (χ0n) is 6.67. The van der Waals surface area contributed by atoms with Crippen LogP contribution in [0.2, 0.25) is 0 Å². The Hall–Kier alpha value is -0.340. The summed E-state index contributed by atoms with van der Waals surface area (Å²) in [6.45, 7) is 7.06. The van der Waals surface area contributed by atoms with E-state index in [9.17, 15) is 5.11 Å². The molecule has 0 bridgehead atoms. The van der Waals surface area contributed by atoms with Crippen LogP contribution in [0.1, 0.15) is 20.3 Å². The highest BCUT2D eigenvalue weighted by Crippen LogP contribution is 2.20. The van der Waals surface area contributed by atoms with Crippen LogP contribution < -0.4 is 0 Å². The minimum Gasteiger partial charge on any atom is -0.393 e. The molecule has 1 atom stereocenters. The topological polar surface area (TPSA) is 40.5 Å². The first kappa shape index (κ1) is 9.66. The Morgan fingerprint density at radius 3 is 2.20 bits per heavy atom. The molecule has 60 valence electrons. The summed E-state index contributed by atoms with van der Waals surface area (Å²) in [7, 11) is 0. The normalized spacial score (nSPS) is 16.9. The average molecular weight is 144 g/mol. The second kappa shape index (κ2) is 3.74. The summed E-state index contributed by atoms with van der Waals surface area (Å²) in [6, 6.07) is 0. The minimum absolute atomic E-state index is 0.0653. The molecule has 0 fully saturated rings. The van der Waals surface area contributed by atoms with Crippen molar-refractivity contribution in [1.29, 1.82) is 0 Å². The molecule has 0 unspecified atom stereocenters. The molecule has 0 heterocycles. The van der Waals surface area contributed by atoms with Crippen molar-refractivity contribution in [3.8, 4) is 0 Å². The van der Waals surface area contributed by atoms with Gasteiger partial charge in [0.15, 0.2) is 0 Å². The highest BCUT2D eigenvalue weighted by molar-refractivity contribution is 4.88. The van der Waals surface area contributed by atoms with Gasteiger partial charge in [-0.25, -0.2) is 0 Å². The first-order chi connectivity index (χ1) is 4.56. The monoisotopic (exact) mass is 144 g/mol. The van der Waals surface area contributed by atoms with Crippen molar-refractivity contribution < 1.29 is 10.2 Å². The van der Waals surface area contributed by atoms with Crippen LogP contribution in [0, 0.1) is 5.92 Å². The molecule has 0 saturated carbocycles. The molecule has 0 aromatic heterocycles. The lowest BCUT2D eigenvalue weighted by Crippen LogP contribution is -2.38. The molecule has 2 heteroatoms. The van der Waals surface area contributed by atoms with Gasteiger partial charge in [0.25, 0.3) is 0 Å². The summed E-state index contributed by atoms with van der Waals surface area (Å²) in [4.78, 5) is 0. The van der Waals surface area contributed by atoms with Gasteiger partial charge in [0.05, 0.1) is 12.2 Å². The molecule has 0 rings (SSSR count). The Morgan fingerprint density at radius 1 is 1.60 bits per heavy atom. The molecule has 2 N–H and O–H groups in total. The molecular formula is C8H16O2. The van der Waals surface area contributed by atoms with Crippen LogP contribution in [0.25, 0.3) is 0 Å². The summed E-state index contributed by atoms with van der Waals surface area (Å²) in [5.74, 6) is 0.0653. The van der Waals surface area contributed by atoms with Crippen molar-refractivity contribution in [3.05, 3.63) is 12.7 Å². The molecule has 2 nitrogen and oxygen atoms in total. The standard InChI is InChI=1S/C8H16O2/c1-4-5-8(10,6-9)7(2)3/h4,7,9-10H,1,5-6H2,2-3H3/t8-/m0/s1. The fourth-order valence-electron chi connectivity index (χ4n) is 0.733. The lowest BCUT2D eigenvalue weighted by Gasteiger charge is -2.28. The van der Waals surface area contributed by atoms with Crippen molar-refractivity contribution in [2.24, 2.45) is 5.92 Å². The van der Waals surface area contributed by atoms with Gasteiger partial charge >= 0.3 is 0 Å². The Labute approximate surface area is 62.2 Å². The van der Waals surface area contributed by atoms with Crippen molar-refractivity contribution >= 4 is 0 Å². The maximum absolute atomic E-state index is 9.58. The number of aliphatic hydroxyl groups is 2. The molecule has 0 amide bonds. The number of rotatable bonds is 4. The van der Waals surface area contributed by atoms with Gasteiger partial charge in [-0.3, -0.25) is 0 Å². The van der Waals surface area contributed by atoms with E-state index in [1.54, 1.807) is 6.08 Å². The van der Waals surface area contributed by atoms with Gasteiger partial charge in [0, 0.05) is 0 Å². The number of hydrogen-bond acceptors (Lipinski definition) is 2. The van der Waals surface area contributed by atoms with E-state index in [0.29, 0.717) is 6.42 Å². The number of aliphatic hydroxyl groups excluding tert-OH is 1. The molecule has 0 aliphatic heterocycles. The van der Waals surface area contributed by atoms with Crippen LogP contribution in [-0.2, 0) is 0 Å². The summed E-state index contributed by atoms with van der Waals surface area (Å²) in [5, 5.41) is 18.4. The second-order valence-corrected chi connectivity index (χ2v) is 2.91. The molecule has 0 aliphatic rings. The smallest absolute Gasteiger partial charge is 0.0934 e. The Morgan fingerprint density at radius 2 is 2.10 bits per heavy atom. The fourth-order valence-corrected chi connectivity index (χ4v) is 0.733. The zero-order chi connectivity index (χ0) is 8.20. The van der Waals surface area contributed by atoms with Gasteiger partial charge in [0.1, 0.15) is 0 Å². The van der Waals surface area contributed by atoms with Gasteiger partial charge in [-0.05, 0) is 12.3 Å². The maximum Gasteiger partial charge on any atom is 0.0934 e. The van der Waals surface area contributed by atoms with Gasteiger partial charge in [-0.15, -0.1) is 6.58 Å². The van der Waals surface area contributed by atoms with Crippen molar-refractivity contribution in [2.45, 2.75) is 25.9 Å². The Balaban J connectivity index is 4.07. The van der Waals surface area contributed by atoms with E-state index >= 15 is 0 Å². The van der Waals surface area contributed by atoms with Gasteiger partial charge in [-0.1, -0.05) is 19.9 Å². The molecular weight excluding hydrogens is 128 g/mol. The van der Waals surface area contributed by atoms with E-state index in [1.165, 1.54) is 0 Å². The molecule has 0 radical (unpaired) electrons. The van der Waals surface area contributed by atoms with E-state index in [1.807, 2.05) is 13.8 Å². The van der Waals surface area contributed by atoms with Crippen molar-refractivity contribution in [1.82, 2.24) is 0 Å². The average Bonchev–Trinajstić information content (AvgIpc) is 1.88. The molecule has 0 saturated heterocycles. The summed E-state index contributed by atoms with van der Waals surface area (Å²) in [6.07, 6.45) is 2.07. The first-order valence-corrected chi connectivity index (χ1v) is 3.51. The van der Waals surface area contributed by atoms with Crippen LogP contribution >= 0.6 is 0 Å². The largest absolute Gasteiger partial charge is 0.393 e. The third kappa shape index (κ3) is 2.12. The lowest BCUT2D eigenvalue weighted by molar-refractivity contribution is -0.0483. The van der Waals surface area contributed by atoms with Gasteiger partial charge < -0.3 is 10.2 Å². The molecule has 0 spiro atoms. The third-order valence-electron chi connectivity index (χ3n) is 1.85. The summed E-state index contributed by atoms with van der Waals surface area (Å²) in [5.41, 5.74) is -0.970. The highest BCUT2D eigenvalue weighted by atomic mass is 16.3. The van der Waals surface area contributed by atoms with Crippen LogP contribution in [-0.4, -0.2) is 22.4 Å². The molecule has 0 aliphatic carbocycles. The fraction of sp³-hybridized carbons (Fsp3) is 0.750. The quantitative estimate of drug-likeness (QED) is 0.576. The SMILES string of the molecule is C=CC[C@](O)(CO)C(C)C. The van der Waals surface area contributed by atoms with Crippen LogP contribution in [0.15, 0.2) is 12.7 Å². The summed E-state index contributed by atoms with van der Waals surface area (Å²) >= 11 is 0. The lowest BCUT2D eigenvalue weighted by atomic mass is 9.88. The van der Waals surface area contributed by atoms with Crippen LogP contribution in [0.4, 0.5) is 0 Å². The maximum atomic E-state index is 9.58. The van der Waals surface area contributed by atoms with Crippen molar-refractivity contribution in [2.75, 3.05) is 6.61 Å². The van der Waals surface area contributed by atoms with Crippen LogP contribution in [0.5, 0.6) is 0 Å². The van der Waals surface area contributed by atoms with E-state index < -0.39 is 5.60 Å². The minimum atomic E-state index is -0.970. The van der Waals surface area contributed by atoms with Crippen molar-refractivity contribution in [3.63, 3.8) is 0 Å². The summed E-state index contributed by atoms with van der Waals surface area (Å²) < 4.78 is 0. The second-order valence-electron chi connectivity index (χ2n) is 2.91. The van der Waals surface area contributed by atoms with E-state index in [0.717, 1.165) is 0 Å². The molecule has 10 heavy (non-hydrogen) atoms. The Bertz CT molecular complexity index is 110. The predicted octanol–water partition coefficient (Wildman–Crippen LogP) is 0.942. The Kier molecular flexibility index (Phi) is 3.61. The zero-order valence-corrected chi connectivity index (χ0v) is 6.67. The van der Waals surface area contributed by atoms with Gasteiger partial charge in [0.2, 0.25) is 0 Å². The predicted molar refractivity (Wildman–Crippen MR) is 41.7 cm³/mol. The van der Waals surface area contributed by atoms with E-state index in [2.05, 4.69) is 6.58 Å². The van der Waals surface area contributed by atoms with Crippen LogP contribution in [0.3, 0.4) is 0 Å². The highest BCUT2D eigenvalue weighted by Gasteiger charge is 2.28. The van der Waals surface area contributed by atoms with E-state index in [4.69, 9.17) is 5.11 Å².